The number of Topliss-reactive ketones (excluding diaryl/α,β-unsaturated/α-hetero) is 2. The number of benzene rings is 1. The summed E-state index contributed by atoms with van der Waals surface area (Å²) in [6.07, 6.45) is 0.218. The molecule has 0 radical (unpaired) electrons. The molecule has 2 amide bonds. The monoisotopic (exact) mass is 315 g/mol. The highest BCUT2D eigenvalue weighted by molar-refractivity contribution is 6.24. The van der Waals surface area contributed by atoms with Crippen LogP contribution in [0.1, 0.15) is 40.0 Å². The van der Waals surface area contributed by atoms with Crippen LogP contribution in [0.25, 0.3) is 0 Å². The maximum atomic E-state index is 12.6. The molecule has 1 atom stereocenters. The zero-order valence-corrected chi connectivity index (χ0v) is 12.5. The number of anilines is 1. The van der Waals surface area contributed by atoms with Crippen molar-refractivity contribution >= 4 is 29.1 Å². The summed E-state index contributed by atoms with van der Waals surface area (Å²) >= 11 is 0. The van der Waals surface area contributed by atoms with E-state index in [0.717, 1.165) is 4.90 Å². The molecule has 3 rings (SSSR count). The fraction of sp³-hybridized carbons (Fsp3) is 0.375. The number of hydrogen-bond donors (Lipinski definition) is 2. The van der Waals surface area contributed by atoms with E-state index in [1.54, 1.807) is 18.2 Å². The Balaban J connectivity index is 1.88. The lowest BCUT2D eigenvalue weighted by Crippen LogP contribution is -2.47. The Morgan fingerprint density at radius 2 is 1.87 bits per heavy atom. The van der Waals surface area contributed by atoms with Crippen LogP contribution in [0.15, 0.2) is 18.2 Å². The van der Waals surface area contributed by atoms with E-state index in [0.29, 0.717) is 18.8 Å². The van der Waals surface area contributed by atoms with Gasteiger partial charge in [-0.1, -0.05) is 0 Å². The van der Waals surface area contributed by atoms with Gasteiger partial charge in [-0.3, -0.25) is 24.1 Å². The molecule has 3 N–H and O–H groups in total. The summed E-state index contributed by atoms with van der Waals surface area (Å²) < 4.78 is 0. The van der Waals surface area contributed by atoms with Gasteiger partial charge < -0.3 is 11.1 Å². The van der Waals surface area contributed by atoms with Crippen molar-refractivity contribution in [2.45, 2.75) is 25.3 Å². The first-order valence-electron chi connectivity index (χ1n) is 7.53. The molecule has 1 aromatic carbocycles. The van der Waals surface area contributed by atoms with E-state index < -0.39 is 17.9 Å². The minimum atomic E-state index is -0.833. The molecule has 120 valence electrons. The first kappa shape index (κ1) is 15.4. The van der Waals surface area contributed by atoms with Gasteiger partial charge in [-0.2, -0.15) is 0 Å². The van der Waals surface area contributed by atoms with Crippen LogP contribution in [0.5, 0.6) is 0 Å². The minimum absolute atomic E-state index is 0.142. The van der Waals surface area contributed by atoms with Crippen LogP contribution in [0.3, 0.4) is 0 Å². The minimum Gasteiger partial charge on any atom is -0.384 e. The third kappa shape index (κ3) is 2.63. The quantitative estimate of drug-likeness (QED) is 0.612. The topological polar surface area (TPSA) is 110 Å². The number of nitrogens with zero attached hydrogens (tertiary/aromatic N) is 1. The predicted molar refractivity (Wildman–Crippen MR) is 82.1 cm³/mol. The number of ketones is 2. The standard InChI is InChI=1S/C16H17N3O4/c17-5-6-18-9-1-3-11-12(7-9)16(23)19(15(11)22)13-4-2-10(20)8-14(13)21/h1,3,7,13,18H,2,4-6,8,17H2. The van der Waals surface area contributed by atoms with Crippen molar-refractivity contribution < 1.29 is 19.2 Å². The normalized spacial score (nSPS) is 20.9. The number of fused-ring (bicyclic) bond motifs is 1. The molecule has 1 aliphatic carbocycles. The van der Waals surface area contributed by atoms with Crippen molar-refractivity contribution in [2.24, 2.45) is 5.73 Å². The maximum Gasteiger partial charge on any atom is 0.262 e. The Morgan fingerprint density at radius 3 is 2.57 bits per heavy atom. The van der Waals surface area contributed by atoms with E-state index in [2.05, 4.69) is 5.32 Å². The maximum absolute atomic E-state index is 12.6. The van der Waals surface area contributed by atoms with Crippen molar-refractivity contribution in [1.82, 2.24) is 4.90 Å². The summed E-state index contributed by atoms with van der Waals surface area (Å²) in [5, 5.41) is 3.05. The van der Waals surface area contributed by atoms with Gasteiger partial charge in [0, 0.05) is 25.2 Å². The molecule has 1 aliphatic heterocycles. The number of rotatable bonds is 4. The smallest absolute Gasteiger partial charge is 0.262 e. The molecule has 1 fully saturated rings. The van der Waals surface area contributed by atoms with E-state index >= 15 is 0 Å². The zero-order valence-electron chi connectivity index (χ0n) is 12.5. The number of carbonyl (C=O) groups is 4. The molecule has 1 heterocycles. The summed E-state index contributed by atoms with van der Waals surface area (Å²) in [6, 6.07) is 4.05. The number of amides is 2. The van der Waals surface area contributed by atoms with Gasteiger partial charge >= 0.3 is 0 Å². The Kier molecular flexibility index (Phi) is 3.96. The van der Waals surface area contributed by atoms with Crippen LogP contribution in [0.2, 0.25) is 0 Å². The molecule has 0 bridgehead atoms. The highest BCUT2D eigenvalue weighted by atomic mass is 16.2. The number of nitrogens with two attached hydrogens (primary N) is 1. The van der Waals surface area contributed by atoms with Crippen molar-refractivity contribution in [1.29, 1.82) is 0 Å². The molecule has 0 saturated heterocycles. The molecule has 7 heteroatoms. The van der Waals surface area contributed by atoms with Gasteiger partial charge in [0.15, 0.2) is 5.78 Å². The van der Waals surface area contributed by atoms with E-state index in [4.69, 9.17) is 5.73 Å². The zero-order chi connectivity index (χ0) is 16.6. The SMILES string of the molecule is NCCNc1ccc2c(c1)C(=O)N(C1CCC(=O)CC1=O)C2=O. The van der Waals surface area contributed by atoms with Crippen LogP contribution in [0.4, 0.5) is 5.69 Å². The van der Waals surface area contributed by atoms with Gasteiger partial charge in [0.1, 0.15) is 5.78 Å². The molecular weight excluding hydrogens is 298 g/mol. The van der Waals surface area contributed by atoms with Crippen LogP contribution in [0, 0.1) is 0 Å². The van der Waals surface area contributed by atoms with Gasteiger partial charge in [0.2, 0.25) is 0 Å². The second-order valence-corrected chi connectivity index (χ2v) is 5.69. The summed E-state index contributed by atoms with van der Waals surface area (Å²) in [5.41, 5.74) is 6.69. The average molecular weight is 315 g/mol. The van der Waals surface area contributed by atoms with Crippen molar-refractivity contribution in [3.8, 4) is 0 Å². The highest BCUT2D eigenvalue weighted by Gasteiger charge is 2.44. The van der Waals surface area contributed by atoms with Crippen LogP contribution in [-0.4, -0.2) is 47.4 Å². The molecular formula is C16H17N3O4. The summed E-state index contributed by atoms with van der Waals surface area (Å²) in [5.74, 6) is -1.45. The van der Waals surface area contributed by atoms with E-state index in [1.807, 2.05) is 0 Å². The van der Waals surface area contributed by atoms with Crippen molar-refractivity contribution in [3.63, 3.8) is 0 Å². The second kappa shape index (κ2) is 5.92. The van der Waals surface area contributed by atoms with E-state index in [1.165, 1.54) is 0 Å². The van der Waals surface area contributed by atoms with Crippen molar-refractivity contribution in [2.75, 3.05) is 18.4 Å². The van der Waals surface area contributed by atoms with Crippen LogP contribution >= 0.6 is 0 Å². The lowest BCUT2D eigenvalue weighted by Gasteiger charge is -2.27. The predicted octanol–water partition coefficient (Wildman–Crippen LogP) is 0.344. The Labute approximate surface area is 132 Å². The average Bonchev–Trinajstić information content (AvgIpc) is 2.77. The Bertz CT molecular complexity index is 713. The second-order valence-electron chi connectivity index (χ2n) is 5.69. The Hall–Kier alpha value is -2.54. The summed E-state index contributed by atoms with van der Waals surface area (Å²) in [6.45, 7) is 0.995. The summed E-state index contributed by atoms with van der Waals surface area (Å²) in [7, 11) is 0. The fourth-order valence-corrected chi connectivity index (χ4v) is 3.00. The largest absolute Gasteiger partial charge is 0.384 e. The number of nitrogens with one attached hydrogen (secondary N) is 1. The van der Waals surface area contributed by atoms with E-state index in [9.17, 15) is 19.2 Å². The molecule has 0 aromatic heterocycles. The first-order chi connectivity index (χ1) is 11.0. The third-order valence-electron chi connectivity index (χ3n) is 4.14. The molecule has 1 saturated carbocycles. The molecule has 0 spiro atoms. The van der Waals surface area contributed by atoms with Gasteiger partial charge in [-0.15, -0.1) is 0 Å². The lowest BCUT2D eigenvalue weighted by molar-refractivity contribution is -0.132. The number of imide groups is 1. The molecule has 2 aliphatic rings. The van der Waals surface area contributed by atoms with Crippen LogP contribution in [-0.2, 0) is 9.59 Å². The third-order valence-corrected chi connectivity index (χ3v) is 4.14. The van der Waals surface area contributed by atoms with Crippen molar-refractivity contribution in [3.05, 3.63) is 29.3 Å². The molecule has 23 heavy (non-hydrogen) atoms. The highest BCUT2D eigenvalue weighted by Crippen LogP contribution is 2.30. The Morgan fingerprint density at radius 1 is 1.13 bits per heavy atom. The first-order valence-corrected chi connectivity index (χ1v) is 7.53. The molecule has 1 unspecified atom stereocenters. The van der Waals surface area contributed by atoms with Gasteiger partial charge in [-0.25, -0.2) is 0 Å². The molecule has 1 aromatic rings. The lowest BCUT2D eigenvalue weighted by atomic mass is 9.92. The number of hydrogen-bond acceptors (Lipinski definition) is 6. The summed E-state index contributed by atoms with van der Waals surface area (Å²) in [4.78, 5) is 49.4. The fourth-order valence-electron chi connectivity index (χ4n) is 3.00. The number of carbonyl (C=O) groups excluding carboxylic acids is 4. The van der Waals surface area contributed by atoms with Gasteiger partial charge in [0.05, 0.1) is 23.6 Å². The van der Waals surface area contributed by atoms with Gasteiger partial charge in [-0.05, 0) is 24.6 Å². The molecule has 7 nitrogen and oxygen atoms in total. The van der Waals surface area contributed by atoms with Gasteiger partial charge in [0.25, 0.3) is 11.8 Å². The van der Waals surface area contributed by atoms with E-state index in [-0.39, 0.29) is 42.0 Å². The van der Waals surface area contributed by atoms with Crippen LogP contribution < -0.4 is 11.1 Å².